The van der Waals surface area contributed by atoms with Crippen LogP contribution in [0, 0.1) is 0 Å². The quantitative estimate of drug-likeness (QED) is 0.804. The second-order valence-electron chi connectivity index (χ2n) is 2.26. The average Bonchev–Trinajstić information content (AvgIpc) is 2.04. The van der Waals surface area contributed by atoms with Crippen LogP contribution < -0.4 is 0 Å². The van der Waals surface area contributed by atoms with Crippen molar-refractivity contribution >= 4 is 30.0 Å². The van der Waals surface area contributed by atoms with Gasteiger partial charge in [0.2, 0.25) is 0 Å². The van der Waals surface area contributed by atoms with E-state index >= 15 is 0 Å². The Balaban J connectivity index is 0.00000144. The van der Waals surface area contributed by atoms with E-state index in [1.807, 2.05) is 0 Å². The first-order valence-electron chi connectivity index (χ1n) is 3.28. The van der Waals surface area contributed by atoms with Gasteiger partial charge in [-0.1, -0.05) is 29.8 Å². The molecule has 1 rings (SSSR count). The van der Waals surface area contributed by atoms with Crippen LogP contribution in [0.2, 0.25) is 5.02 Å². The third-order valence-corrected chi connectivity index (χ3v) is 1.78. The monoisotopic (exact) mass is 222 g/mol. The zero-order valence-corrected chi connectivity index (χ0v) is 8.05. The Hall–Kier alpha value is -0.770. The number of benzene rings is 1. The molecule has 0 spiro atoms. The maximum Gasteiger partial charge on any atom is 0.337 e. The smallest absolute Gasteiger partial charge is 0.337 e. The van der Waals surface area contributed by atoms with Gasteiger partial charge in [-0.15, -0.1) is 12.4 Å². The molecule has 0 aromatic heterocycles. The molecule has 0 bridgehead atoms. The number of aliphatic hydroxyl groups is 1. The Morgan fingerprint density at radius 2 is 1.92 bits per heavy atom. The number of carboxylic acids is 1. The van der Waals surface area contributed by atoms with E-state index in [9.17, 15) is 4.79 Å². The number of aliphatic hydroxyl groups excluding tert-OH is 1. The van der Waals surface area contributed by atoms with Gasteiger partial charge in [0.15, 0.2) is 6.10 Å². The molecule has 13 heavy (non-hydrogen) atoms. The Morgan fingerprint density at radius 3 is 2.38 bits per heavy atom. The van der Waals surface area contributed by atoms with Gasteiger partial charge in [0.25, 0.3) is 0 Å². The van der Waals surface area contributed by atoms with Gasteiger partial charge in [-0.25, -0.2) is 4.79 Å². The van der Waals surface area contributed by atoms with Crippen molar-refractivity contribution in [3.05, 3.63) is 34.9 Å². The zero-order chi connectivity index (χ0) is 9.14. The Labute approximate surface area is 86.4 Å². The molecule has 1 aromatic rings. The molecule has 1 atom stereocenters. The van der Waals surface area contributed by atoms with Crippen LogP contribution in [0.1, 0.15) is 11.7 Å². The summed E-state index contributed by atoms with van der Waals surface area (Å²) in [4.78, 5) is 10.3. The first-order valence-corrected chi connectivity index (χ1v) is 3.66. The van der Waals surface area contributed by atoms with Crippen LogP contribution in [0.5, 0.6) is 0 Å². The number of hydrogen-bond donors (Lipinski definition) is 2. The molecule has 72 valence electrons. The van der Waals surface area contributed by atoms with Gasteiger partial charge in [-0.3, -0.25) is 0 Å². The van der Waals surface area contributed by atoms with E-state index in [0.29, 0.717) is 0 Å². The van der Waals surface area contributed by atoms with Gasteiger partial charge in [0.05, 0.1) is 0 Å². The van der Waals surface area contributed by atoms with Crippen molar-refractivity contribution < 1.29 is 15.0 Å². The van der Waals surface area contributed by atoms with Crippen molar-refractivity contribution in [1.82, 2.24) is 0 Å². The highest BCUT2D eigenvalue weighted by Crippen LogP contribution is 2.22. The lowest BCUT2D eigenvalue weighted by atomic mass is 10.1. The van der Waals surface area contributed by atoms with Crippen LogP contribution in [0.3, 0.4) is 0 Å². The molecular weight excluding hydrogens is 215 g/mol. The standard InChI is InChI=1S/C8H7ClO3.ClH/c9-6-4-2-1-3-5(6)7(10)8(11)12;/h1-4,7,10H,(H,11,12);1H/t7-;/m1./s1. The molecule has 0 aliphatic heterocycles. The summed E-state index contributed by atoms with van der Waals surface area (Å²) in [7, 11) is 0. The van der Waals surface area contributed by atoms with Crippen molar-refractivity contribution in [1.29, 1.82) is 0 Å². The lowest BCUT2D eigenvalue weighted by Crippen LogP contribution is -2.10. The Bertz CT molecular complexity index is 301. The van der Waals surface area contributed by atoms with Crippen molar-refractivity contribution in [2.45, 2.75) is 6.10 Å². The van der Waals surface area contributed by atoms with Crippen LogP contribution in [0.25, 0.3) is 0 Å². The summed E-state index contributed by atoms with van der Waals surface area (Å²) < 4.78 is 0. The molecule has 0 fully saturated rings. The summed E-state index contributed by atoms with van der Waals surface area (Å²) >= 11 is 5.64. The molecular formula is C8H8Cl2O3. The highest BCUT2D eigenvalue weighted by atomic mass is 35.5. The molecule has 1 aromatic carbocycles. The highest BCUT2D eigenvalue weighted by molar-refractivity contribution is 6.31. The summed E-state index contributed by atoms with van der Waals surface area (Å²) in [6, 6.07) is 6.29. The maximum absolute atomic E-state index is 10.3. The van der Waals surface area contributed by atoms with Gasteiger partial charge >= 0.3 is 5.97 Å². The number of rotatable bonds is 2. The second kappa shape index (κ2) is 5.07. The third kappa shape index (κ3) is 2.88. The average molecular weight is 223 g/mol. The fourth-order valence-electron chi connectivity index (χ4n) is 0.830. The van der Waals surface area contributed by atoms with E-state index in [0.717, 1.165) is 0 Å². The van der Waals surface area contributed by atoms with Gasteiger partial charge in [-0.05, 0) is 6.07 Å². The van der Waals surface area contributed by atoms with E-state index in [2.05, 4.69) is 0 Å². The number of halogens is 2. The fourth-order valence-corrected chi connectivity index (χ4v) is 1.07. The predicted molar refractivity (Wildman–Crippen MR) is 51.3 cm³/mol. The largest absolute Gasteiger partial charge is 0.479 e. The third-order valence-electron chi connectivity index (χ3n) is 1.43. The van der Waals surface area contributed by atoms with E-state index in [4.69, 9.17) is 21.8 Å². The minimum Gasteiger partial charge on any atom is -0.479 e. The van der Waals surface area contributed by atoms with Gasteiger partial charge in [0.1, 0.15) is 0 Å². The molecule has 0 radical (unpaired) electrons. The molecule has 0 aliphatic carbocycles. The predicted octanol–water partition coefficient (Wildman–Crippen LogP) is 1.88. The normalized spacial score (nSPS) is 11.5. The molecule has 0 aliphatic rings. The zero-order valence-electron chi connectivity index (χ0n) is 6.48. The highest BCUT2D eigenvalue weighted by Gasteiger charge is 2.17. The van der Waals surface area contributed by atoms with Crippen LogP contribution >= 0.6 is 24.0 Å². The summed E-state index contributed by atoms with van der Waals surface area (Å²) in [6.07, 6.45) is -1.54. The van der Waals surface area contributed by atoms with E-state index in [-0.39, 0.29) is 23.0 Å². The minimum atomic E-state index is -1.54. The van der Waals surface area contributed by atoms with E-state index in [1.165, 1.54) is 12.1 Å². The maximum atomic E-state index is 10.3. The van der Waals surface area contributed by atoms with Crippen molar-refractivity contribution in [2.24, 2.45) is 0 Å². The van der Waals surface area contributed by atoms with Crippen LogP contribution in [0.15, 0.2) is 24.3 Å². The molecule has 2 N–H and O–H groups in total. The number of carboxylic acid groups (broad SMARTS) is 1. The topological polar surface area (TPSA) is 57.5 Å². The summed E-state index contributed by atoms with van der Waals surface area (Å²) in [5.74, 6) is -1.30. The molecule has 0 amide bonds. The lowest BCUT2D eigenvalue weighted by molar-refractivity contribution is -0.146. The molecule has 3 nitrogen and oxygen atoms in total. The van der Waals surface area contributed by atoms with Crippen molar-refractivity contribution in [3.8, 4) is 0 Å². The molecule has 0 saturated carbocycles. The Kier molecular flexibility index (Phi) is 4.77. The van der Waals surface area contributed by atoms with Crippen LogP contribution in [-0.4, -0.2) is 16.2 Å². The van der Waals surface area contributed by atoms with Crippen molar-refractivity contribution in [3.63, 3.8) is 0 Å². The number of aliphatic carboxylic acids is 1. The summed E-state index contributed by atoms with van der Waals surface area (Å²) in [6.45, 7) is 0. The lowest BCUT2D eigenvalue weighted by Gasteiger charge is -2.06. The summed E-state index contributed by atoms with van der Waals surface area (Å²) in [5, 5.41) is 17.8. The number of hydrogen-bond acceptors (Lipinski definition) is 2. The first-order chi connectivity index (χ1) is 5.63. The first kappa shape index (κ1) is 12.2. The Morgan fingerprint density at radius 1 is 1.38 bits per heavy atom. The van der Waals surface area contributed by atoms with Crippen molar-refractivity contribution in [2.75, 3.05) is 0 Å². The number of carbonyl (C=O) groups is 1. The second-order valence-corrected chi connectivity index (χ2v) is 2.67. The minimum absolute atomic E-state index is 0. The van der Waals surface area contributed by atoms with E-state index in [1.54, 1.807) is 12.1 Å². The van der Waals surface area contributed by atoms with Crippen LogP contribution in [-0.2, 0) is 4.79 Å². The summed E-state index contributed by atoms with van der Waals surface area (Å²) in [5.41, 5.74) is 0.215. The van der Waals surface area contributed by atoms with Gasteiger partial charge in [0, 0.05) is 10.6 Å². The van der Waals surface area contributed by atoms with Crippen LogP contribution in [0.4, 0.5) is 0 Å². The van der Waals surface area contributed by atoms with Gasteiger partial charge in [-0.2, -0.15) is 0 Å². The fraction of sp³-hybridized carbons (Fsp3) is 0.125. The molecule has 0 saturated heterocycles. The van der Waals surface area contributed by atoms with E-state index < -0.39 is 12.1 Å². The molecule has 0 heterocycles. The molecule has 5 heteroatoms. The SMILES string of the molecule is Cl.O=C(O)[C@H](O)c1ccccc1Cl. The molecule has 0 unspecified atom stereocenters. The van der Waals surface area contributed by atoms with Gasteiger partial charge < -0.3 is 10.2 Å².